The van der Waals surface area contributed by atoms with Crippen LogP contribution in [0.4, 0.5) is 22.7 Å². The summed E-state index contributed by atoms with van der Waals surface area (Å²) in [5.74, 6) is -0.498. The molecular formula is C50H56N8O8S2. The van der Waals surface area contributed by atoms with Crippen LogP contribution < -0.4 is 24.6 Å². The number of sulfonamides is 1. The van der Waals surface area contributed by atoms with Crippen molar-refractivity contribution in [2.24, 2.45) is 5.41 Å². The van der Waals surface area contributed by atoms with E-state index >= 15 is 0 Å². The molecule has 2 aliphatic heterocycles. The van der Waals surface area contributed by atoms with E-state index in [0.717, 1.165) is 69.1 Å². The lowest BCUT2D eigenvalue weighted by Crippen LogP contribution is -2.47. The Morgan fingerprint density at radius 3 is 2.65 bits per heavy atom. The summed E-state index contributed by atoms with van der Waals surface area (Å²) in [6.45, 7) is 10.1. The minimum atomic E-state index is -4.59. The van der Waals surface area contributed by atoms with Gasteiger partial charge in [0.1, 0.15) is 22.8 Å². The summed E-state index contributed by atoms with van der Waals surface area (Å²) in [5.41, 5.74) is 7.91. The maximum atomic E-state index is 14.0. The van der Waals surface area contributed by atoms with Crippen molar-refractivity contribution in [2.75, 3.05) is 88.3 Å². The lowest BCUT2D eigenvalue weighted by atomic mass is 9.73. The number of amides is 1. The molecule has 0 saturated carbocycles. The first kappa shape index (κ1) is 46.8. The fraction of sp³-hybridized carbons (Fsp3) is 0.360. The number of carbonyl (C=O) groups is 1. The number of allylic oxidation sites excluding steroid dienone is 1. The van der Waals surface area contributed by atoms with Crippen molar-refractivity contribution >= 4 is 66.6 Å². The van der Waals surface area contributed by atoms with E-state index in [-0.39, 0.29) is 35.1 Å². The normalized spacial score (nSPS) is 17.8. The number of H-pyrrole nitrogens is 1. The van der Waals surface area contributed by atoms with E-state index < -0.39 is 31.4 Å². The molecule has 3 aromatic heterocycles. The van der Waals surface area contributed by atoms with E-state index in [2.05, 4.69) is 98.4 Å². The maximum Gasteiger partial charge on any atom is 0.293 e. The van der Waals surface area contributed by atoms with E-state index in [9.17, 15) is 23.3 Å². The van der Waals surface area contributed by atoms with Gasteiger partial charge in [-0.1, -0.05) is 37.6 Å². The molecule has 0 unspecified atom stereocenters. The summed E-state index contributed by atoms with van der Waals surface area (Å²) in [4.78, 5) is 40.7. The molecule has 16 nitrogen and oxygen atoms in total. The molecule has 5 heterocycles. The molecule has 9 rings (SSSR count). The first-order valence-electron chi connectivity index (χ1n) is 22.8. The number of nitro benzene ring substituents is 1. The predicted octanol–water partition coefficient (Wildman–Crippen LogP) is 8.79. The van der Waals surface area contributed by atoms with Gasteiger partial charge in [0.05, 0.1) is 47.5 Å². The minimum absolute atomic E-state index is 0.0470. The maximum absolute atomic E-state index is 14.0. The number of anilines is 3. The third-order valence-corrected chi connectivity index (χ3v) is 15.2. The van der Waals surface area contributed by atoms with Crippen molar-refractivity contribution in [3.8, 4) is 22.6 Å². The SMILES string of the molecule is CN(C)c1ccccc1-c1csc(C2=C(CN3CCN(c4ccc(C(=O)NS(=O)(=O)c5ccc(NC[C@H]6COCCO6)c([N+](=O)[O-])c5)c(Oc5cnc6[nH]ccc6c5)c4)CC3)CCC(C)(C)C2)c1. The molecule has 356 valence electrons. The molecule has 2 saturated heterocycles. The van der Waals surface area contributed by atoms with Gasteiger partial charge in [0.15, 0.2) is 0 Å². The molecule has 1 aliphatic carbocycles. The number of aromatic amines is 1. The van der Waals surface area contributed by atoms with Gasteiger partial charge < -0.3 is 34.3 Å². The van der Waals surface area contributed by atoms with Gasteiger partial charge in [0.25, 0.3) is 21.6 Å². The van der Waals surface area contributed by atoms with Crippen LogP contribution in [0.5, 0.6) is 11.5 Å². The second-order valence-corrected chi connectivity index (χ2v) is 21.1. The summed E-state index contributed by atoms with van der Waals surface area (Å²) in [6.07, 6.45) is 6.19. The molecule has 6 aromatic rings. The Morgan fingerprint density at radius 2 is 1.87 bits per heavy atom. The second-order valence-electron chi connectivity index (χ2n) is 18.5. The largest absolute Gasteiger partial charge is 0.455 e. The van der Waals surface area contributed by atoms with Crippen molar-refractivity contribution in [1.82, 2.24) is 19.6 Å². The summed E-state index contributed by atoms with van der Waals surface area (Å²) in [6, 6.07) is 23.1. The first-order valence-corrected chi connectivity index (χ1v) is 25.1. The summed E-state index contributed by atoms with van der Waals surface area (Å²) in [5, 5.41) is 18.1. The van der Waals surface area contributed by atoms with Gasteiger partial charge in [-0.15, -0.1) is 11.3 Å². The highest BCUT2D eigenvalue weighted by Crippen LogP contribution is 2.46. The average molecular weight is 961 g/mol. The monoisotopic (exact) mass is 960 g/mol. The number of carbonyl (C=O) groups excluding carboxylic acids is 1. The van der Waals surface area contributed by atoms with E-state index in [1.807, 2.05) is 17.4 Å². The predicted molar refractivity (Wildman–Crippen MR) is 267 cm³/mol. The third-order valence-electron chi connectivity index (χ3n) is 12.9. The third kappa shape index (κ3) is 10.5. The summed E-state index contributed by atoms with van der Waals surface area (Å²) < 4.78 is 46.9. The Morgan fingerprint density at radius 1 is 1.04 bits per heavy atom. The molecule has 2 fully saturated rings. The fourth-order valence-electron chi connectivity index (χ4n) is 9.12. The van der Waals surface area contributed by atoms with E-state index in [0.29, 0.717) is 31.2 Å². The Balaban J connectivity index is 0.925. The highest BCUT2D eigenvalue weighted by molar-refractivity contribution is 7.90. The molecule has 0 radical (unpaired) electrons. The van der Waals surface area contributed by atoms with Crippen LogP contribution in [0.1, 0.15) is 48.3 Å². The van der Waals surface area contributed by atoms with Gasteiger partial charge in [-0.05, 0) is 89.7 Å². The lowest BCUT2D eigenvalue weighted by Gasteiger charge is -2.39. The highest BCUT2D eigenvalue weighted by Gasteiger charge is 2.31. The number of fused-ring (bicyclic) bond motifs is 1. The molecule has 3 aromatic carbocycles. The smallest absolute Gasteiger partial charge is 0.293 e. The zero-order valence-corrected chi connectivity index (χ0v) is 40.3. The zero-order chi connectivity index (χ0) is 47.6. The number of ether oxygens (including phenoxy) is 3. The molecule has 3 N–H and O–H groups in total. The first-order chi connectivity index (χ1) is 32.7. The molecule has 3 aliphatic rings. The van der Waals surface area contributed by atoms with E-state index in [1.165, 1.54) is 51.2 Å². The average Bonchev–Trinajstić information content (AvgIpc) is 4.02. The van der Waals surface area contributed by atoms with Gasteiger partial charge in [-0.2, -0.15) is 0 Å². The topological polar surface area (TPSA) is 185 Å². The number of pyridine rings is 1. The number of nitro groups is 1. The molecule has 0 spiro atoms. The Hall–Kier alpha value is -6.31. The fourth-order valence-corrected chi connectivity index (χ4v) is 11.1. The van der Waals surface area contributed by atoms with Crippen molar-refractivity contribution < 1.29 is 32.3 Å². The van der Waals surface area contributed by atoms with Gasteiger partial charge in [0, 0.05) is 98.9 Å². The quantitative estimate of drug-likeness (QED) is 0.0656. The number of thiophene rings is 1. The van der Waals surface area contributed by atoms with E-state index in [1.54, 1.807) is 30.5 Å². The number of piperazine rings is 1. The Kier molecular flexibility index (Phi) is 13.6. The van der Waals surface area contributed by atoms with Crippen LogP contribution in [0, 0.1) is 15.5 Å². The number of rotatable bonds is 15. The number of hydrogen-bond donors (Lipinski definition) is 3. The number of benzene rings is 3. The highest BCUT2D eigenvalue weighted by atomic mass is 32.2. The molecule has 1 amide bonds. The molecule has 18 heteroatoms. The van der Waals surface area contributed by atoms with Crippen molar-refractivity contribution in [1.29, 1.82) is 0 Å². The van der Waals surface area contributed by atoms with Gasteiger partial charge in [0.2, 0.25) is 0 Å². The minimum Gasteiger partial charge on any atom is -0.455 e. The molecule has 1 atom stereocenters. The van der Waals surface area contributed by atoms with Crippen molar-refractivity contribution in [2.45, 2.75) is 44.1 Å². The van der Waals surface area contributed by atoms with Gasteiger partial charge in [-0.3, -0.25) is 19.8 Å². The number of nitrogens with zero attached hydrogens (tertiary/aromatic N) is 5. The van der Waals surface area contributed by atoms with Crippen LogP contribution in [0.3, 0.4) is 0 Å². The van der Waals surface area contributed by atoms with Crippen LogP contribution in [-0.4, -0.2) is 113 Å². The second kappa shape index (κ2) is 19.7. The summed E-state index contributed by atoms with van der Waals surface area (Å²) in [7, 11) is -0.421. The molecule has 0 bridgehead atoms. The summed E-state index contributed by atoms with van der Waals surface area (Å²) >= 11 is 1.83. The van der Waals surface area contributed by atoms with E-state index in [4.69, 9.17) is 14.2 Å². The zero-order valence-electron chi connectivity index (χ0n) is 38.6. The molecular weight excluding hydrogens is 905 g/mol. The van der Waals surface area contributed by atoms with Gasteiger partial charge in [-0.25, -0.2) is 18.1 Å². The van der Waals surface area contributed by atoms with Crippen LogP contribution in [0.25, 0.3) is 27.7 Å². The lowest BCUT2D eigenvalue weighted by molar-refractivity contribution is -0.384. The Bertz CT molecular complexity index is 2970. The number of hydrogen-bond acceptors (Lipinski definition) is 14. The van der Waals surface area contributed by atoms with Crippen molar-refractivity contribution in [3.05, 3.63) is 123 Å². The van der Waals surface area contributed by atoms with Crippen LogP contribution in [-0.2, 0) is 19.5 Å². The molecule has 68 heavy (non-hydrogen) atoms. The Labute approximate surface area is 400 Å². The van der Waals surface area contributed by atoms with Crippen LogP contribution in [0.15, 0.2) is 107 Å². The van der Waals surface area contributed by atoms with Crippen LogP contribution in [0.2, 0.25) is 0 Å². The number of aromatic nitrogens is 2. The number of para-hydroxylation sites is 1. The van der Waals surface area contributed by atoms with Gasteiger partial charge >= 0.3 is 0 Å². The van der Waals surface area contributed by atoms with Crippen LogP contribution >= 0.6 is 11.3 Å². The van der Waals surface area contributed by atoms with Crippen molar-refractivity contribution in [3.63, 3.8) is 0 Å². The standard InChI is InChI=1S/C50H56N8O8S2/c1-50(2)15-13-34(42(27-50)47-24-35(32-67-47)40-7-5-6-8-44(40)55(3)4)30-56-17-19-57(20-18-56)36-9-11-41(46(25-36)66-37-23-33-14-16-51-48(33)53-28-37)49(59)54-68(62,63)39-10-12-43(45(26-39)58(60)61)52-29-38-31-64-21-22-65-38/h5-12,14,16,23-26,28,32,38,52H,13,15,17-22,27,29-31H2,1-4H3,(H,51,53)(H,54,59)/t38-/m0/s1. The number of nitrogens with one attached hydrogen (secondary N) is 3.